The van der Waals surface area contributed by atoms with Gasteiger partial charge in [-0.3, -0.25) is 9.52 Å². The molecule has 0 spiro atoms. The lowest BCUT2D eigenvalue weighted by Crippen LogP contribution is -2.44. The molecule has 2 aliphatic heterocycles. The van der Waals surface area contributed by atoms with E-state index in [1.54, 1.807) is 42.5 Å². The average molecular weight is 495 g/mol. The molecule has 0 radical (unpaired) electrons. The molecule has 1 amide bonds. The molecule has 182 valence electrons. The number of ether oxygens (including phenoxy) is 3. The second-order valence-electron chi connectivity index (χ2n) is 8.64. The number of hydrogen-bond acceptors (Lipinski definition) is 6. The predicted molar refractivity (Wildman–Crippen MR) is 130 cm³/mol. The normalized spacial score (nSPS) is 16.5. The average Bonchev–Trinajstić information content (AvgIpc) is 3.37. The highest BCUT2D eigenvalue weighted by molar-refractivity contribution is 7.92. The number of nitrogens with one attached hydrogen (secondary N) is 2. The molecule has 2 N–H and O–H groups in total. The van der Waals surface area contributed by atoms with Gasteiger partial charge in [0.1, 0.15) is 0 Å². The second kappa shape index (κ2) is 9.59. The lowest BCUT2D eigenvalue weighted by Gasteiger charge is -2.38. The lowest BCUT2D eigenvalue weighted by atomic mass is 9.74. The molecule has 0 saturated carbocycles. The molecular formula is C26H26N2O6S. The van der Waals surface area contributed by atoms with Crippen molar-refractivity contribution in [3.05, 3.63) is 83.9 Å². The summed E-state index contributed by atoms with van der Waals surface area (Å²) in [5, 5.41) is 3.06. The molecule has 1 fully saturated rings. The van der Waals surface area contributed by atoms with Crippen molar-refractivity contribution in [1.29, 1.82) is 0 Å². The van der Waals surface area contributed by atoms with Crippen LogP contribution in [0.2, 0.25) is 0 Å². The van der Waals surface area contributed by atoms with Gasteiger partial charge in [-0.2, -0.15) is 0 Å². The summed E-state index contributed by atoms with van der Waals surface area (Å²) < 4.78 is 44.2. The third kappa shape index (κ3) is 4.96. The van der Waals surface area contributed by atoms with Crippen LogP contribution >= 0.6 is 0 Å². The summed E-state index contributed by atoms with van der Waals surface area (Å²) in [5.41, 5.74) is 1.63. The Hall–Kier alpha value is -3.56. The Balaban J connectivity index is 1.27. The van der Waals surface area contributed by atoms with Gasteiger partial charge in [0, 0.05) is 36.4 Å². The van der Waals surface area contributed by atoms with Crippen molar-refractivity contribution in [2.75, 3.05) is 31.3 Å². The van der Waals surface area contributed by atoms with Crippen LogP contribution in [-0.4, -0.2) is 40.9 Å². The quantitative estimate of drug-likeness (QED) is 0.519. The molecule has 0 unspecified atom stereocenters. The van der Waals surface area contributed by atoms with Crippen LogP contribution in [0.4, 0.5) is 5.69 Å². The van der Waals surface area contributed by atoms with Crippen molar-refractivity contribution in [3.63, 3.8) is 0 Å². The van der Waals surface area contributed by atoms with E-state index in [0.29, 0.717) is 36.8 Å². The number of hydrogen-bond donors (Lipinski definition) is 2. The number of fused-ring (bicyclic) bond motifs is 1. The van der Waals surface area contributed by atoms with Gasteiger partial charge in [0.25, 0.3) is 15.9 Å². The summed E-state index contributed by atoms with van der Waals surface area (Å²) in [6.45, 7) is 1.88. The molecule has 3 aromatic carbocycles. The molecule has 35 heavy (non-hydrogen) atoms. The van der Waals surface area contributed by atoms with Crippen molar-refractivity contribution in [1.82, 2.24) is 5.32 Å². The Labute approximate surface area is 204 Å². The van der Waals surface area contributed by atoms with Crippen LogP contribution in [0.25, 0.3) is 0 Å². The third-order valence-corrected chi connectivity index (χ3v) is 7.87. The van der Waals surface area contributed by atoms with Crippen LogP contribution in [0.5, 0.6) is 11.5 Å². The fraction of sp³-hybridized carbons (Fsp3) is 0.269. The summed E-state index contributed by atoms with van der Waals surface area (Å²) in [4.78, 5) is 13.1. The Morgan fingerprint density at radius 1 is 0.886 bits per heavy atom. The van der Waals surface area contributed by atoms with E-state index in [2.05, 4.69) is 10.0 Å². The number of rotatable bonds is 7. The van der Waals surface area contributed by atoms with Gasteiger partial charge >= 0.3 is 0 Å². The fourth-order valence-corrected chi connectivity index (χ4v) is 5.49. The monoisotopic (exact) mass is 494 g/mol. The van der Waals surface area contributed by atoms with Gasteiger partial charge < -0.3 is 19.5 Å². The first-order valence-corrected chi connectivity index (χ1v) is 12.9. The highest BCUT2D eigenvalue weighted by atomic mass is 32.2. The summed E-state index contributed by atoms with van der Waals surface area (Å²) in [7, 11) is -3.70. The van der Waals surface area contributed by atoms with Gasteiger partial charge in [0.05, 0.1) is 4.90 Å². The highest BCUT2D eigenvalue weighted by Crippen LogP contribution is 2.40. The largest absolute Gasteiger partial charge is 0.454 e. The van der Waals surface area contributed by atoms with E-state index in [1.165, 1.54) is 12.1 Å². The first-order valence-electron chi connectivity index (χ1n) is 11.4. The minimum Gasteiger partial charge on any atom is -0.454 e. The van der Waals surface area contributed by atoms with Crippen molar-refractivity contribution in [2.45, 2.75) is 23.2 Å². The van der Waals surface area contributed by atoms with E-state index in [1.807, 2.05) is 18.2 Å². The summed E-state index contributed by atoms with van der Waals surface area (Å²) >= 11 is 0. The smallest absolute Gasteiger partial charge is 0.261 e. The van der Waals surface area contributed by atoms with Gasteiger partial charge in [-0.1, -0.05) is 24.3 Å². The minimum absolute atomic E-state index is 0.173. The summed E-state index contributed by atoms with van der Waals surface area (Å²) in [6.07, 6.45) is 1.54. The zero-order chi connectivity index (χ0) is 24.3. The molecule has 2 heterocycles. The fourth-order valence-electron chi connectivity index (χ4n) is 4.41. The standard InChI is InChI=1S/C26H26N2O6S/c29-25(19-6-9-21(10-7-19)28-35(30,31)22-4-2-1-3-5-22)27-17-26(12-14-32-15-13-26)20-8-11-23-24(16-20)34-18-33-23/h1-11,16,28H,12-15,17-18H2,(H,27,29). The van der Waals surface area contributed by atoms with Gasteiger partial charge in [-0.25, -0.2) is 8.42 Å². The Bertz CT molecular complexity index is 1300. The molecular weight excluding hydrogens is 468 g/mol. The number of sulfonamides is 1. The number of carbonyl (C=O) groups excluding carboxylic acids is 1. The Morgan fingerprint density at radius 3 is 2.34 bits per heavy atom. The lowest BCUT2D eigenvalue weighted by molar-refractivity contribution is 0.0486. The highest BCUT2D eigenvalue weighted by Gasteiger charge is 2.36. The molecule has 1 saturated heterocycles. The van der Waals surface area contributed by atoms with Crippen molar-refractivity contribution in [3.8, 4) is 11.5 Å². The van der Waals surface area contributed by atoms with Crippen LogP contribution in [0.15, 0.2) is 77.7 Å². The molecule has 0 atom stereocenters. The van der Waals surface area contributed by atoms with Crippen molar-refractivity contribution >= 4 is 21.6 Å². The first kappa shape index (κ1) is 23.2. The molecule has 3 aromatic rings. The summed E-state index contributed by atoms with van der Waals surface area (Å²) in [5.74, 6) is 1.21. The molecule has 8 nitrogen and oxygen atoms in total. The van der Waals surface area contributed by atoms with Gasteiger partial charge in [-0.05, 0) is 66.9 Å². The van der Waals surface area contributed by atoms with Crippen molar-refractivity contribution < 1.29 is 27.4 Å². The number of benzene rings is 3. The van der Waals surface area contributed by atoms with E-state index in [0.717, 1.165) is 24.2 Å². The Morgan fingerprint density at radius 2 is 1.60 bits per heavy atom. The van der Waals surface area contributed by atoms with E-state index >= 15 is 0 Å². The molecule has 0 bridgehead atoms. The maximum atomic E-state index is 12.9. The minimum atomic E-state index is -3.70. The Kier molecular flexibility index (Phi) is 6.36. The second-order valence-corrected chi connectivity index (χ2v) is 10.3. The number of amides is 1. The molecule has 2 aliphatic rings. The number of anilines is 1. The van der Waals surface area contributed by atoms with E-state index in [9.17, 15) is 13.2 Å². The SMILES string of the molecule is O=C(NCC1(c2ccc3c(c2)OCO3)CCOCC1)c1ccc(NS(=O)(=O)c2ccccc2)cc1. The molecule has 5 rings (SSSR count). The maximum absolute atomic E-state index is 12.9. The van der Waals surface area contributed by atoms with Gasteiger partial charge in [0.15, 0.2) is 11.5 Å². The zero-order valence-corrected chi connectivity index (χ0v) is 19.8. The van der Waals surface area contributed by atoms with Crippen LogP contribution in [0.3, 0.4) is 0 Å². The van der Waals surface area contributed by atoms with Crippen LogP contribution in [0, 0.1) is 0 Å². The van der Waals surface area contributed by atoms with Gasteiger partial charge in [-0.15, -0.1) is 0 Å². The predicted octanol–water partition coefficient (Wildman–Crippen LogP) is 3.69. The zero-order valence-electron chi connectivity index (χ0n) is 19.0. The topological polar surface area (TPSA) is 103 Å². The molecule has 0 aromatic heterocycles. The van der Waals surface area contributed by atoms with E-state index in [4.69, 9.17) is 14.2 Å². The maximum Gasteiger partial charge on any atom is 0.261 e. The molecule has 9 heteroatoms. The summed E-state index contributed by atoms with van der Waals surface area (Å²) in [6, 6.07) is 20.4. The van der Waals surface area contributed by atoms with Crippen LogP contribution in [-0.2, 0) is 20.2 Å². The van der Waals surface area contributed by atoms with E-state index < -0.39 is 10.0 Å². The first-order chi connectivity index (χ1) is 17.0. The number of carbonyl (C=O) groups is 1. The van der Waals surface area contributed by atoms with Crippen LogP contribution in [0.1, 0.15) is 28.8 Å². The molecule has 0 aliphatic carbocycles. The third-order valence-electron chi connectivity index (χ3n) is 6.47. The van der Waals surface area contributed by atoms with Crippen molar-refractivity contribution in [2.24, 2.45) is 0 Å². The van der Waals surface area contributed by atoms with E-state index in [-0.39, 0.29) is 23.0 Å². The van der Waals surface area contributed by atoms with Gasteiger partial charge in [0.2, 0.25) is 6.79 Å². The van der Waals surface area contributed by atoms with Crippen LogP contribution < -0.4 is 19.5 Å².